The van der Waals surface area contributed by atoms with Crippen molar-refractivity contribution in [1.82, 2.24) is 4.31 Å². The van der Waals surface area contributed by atoms with Crippen LogP contribution in [0.15, 0.2) is 59.5 Å². The predicted octanol–water partition coefficient (Wildman–Crippen LogP) is 3.72. The summed E-state index contributed by atoms with van der Waals surface area (Å²) in [7, 11) is -3.51. The van der Waals surface area contributed by atoms with Gasteiger partial charge in [-0.1, -0.05) is 18.2 Å². The van der Waals surface area contributed by atoms with Crippen molar-refractivity contribution in [3.63, 3.8) is 0 Å². The van der Waals surface area contributed by atoms with E-state index in [9.17, 15) is 22.0 Å². The summed E-state index contributed by atoms with van der Waals surface area (Å²) >= 11 is 0. The Hall–Kier alpha value is -2.78. The molecule has 9 heteroatoms. The number of anilines is 1. The molecule has 0 bridgehead atoms. The predicted molar refractivity (Wildman–Crippen MR) is 105 cm³/mol. The van der Waals surface area contributed by atoms with Crippen LogP contribution in [0.3, 0.4) is 0 Å². The second-order valence-electron chi connectivity index (χ2n) is 6.37. The van der Waals surface area contributed by atoms with Crippen molar-refractivity contribution in [3.05, 3.63) is 60.2 Å². The van der Waals surface area contributed by atoms with Crippen molar-refractivity contribution in [2.75, 3.05) is 18.4 Å². The van der Waals surface area contributed by atoms with Crippen LogP contribution in [-0.2, 0) is 14.8 Å². The zero-order valence-corrected chi connectivity index (χ0v) is 16.2. The fraction of sp³-hybridized carbons (Fsp3) is 0.250. The number of carbonyl (C=O) groups is 1. The van der Waals surface area contributed by atoms with Crippen LogP contribution in [0.5, 0.6) is 5.75 Å². The maximum absolute atomic E-state index is 12.5. The second kappa shape index (κ2) is 9.15. The number of nitrogens with zero attached hydrogens (tertiary/aromatic N) is 1. The molecule has 1 amide bonds. The molecule has 0 radical (unpaired) electrons. The second-order valence-corrected chi connectivity index (χ2v) is 8.31. The molecule has 0 saturated carbocycles. The van der Waals surface area contributed by atoms with E-state index in [1.807, 2.05) is 0 Å². The molecule has 0 unspecified atom stereocenters. The molecular weight excluding hydrogens is 402 g/mol. The van der Waals surface area contributed by atoms with E-state index in [0.29, 0.717) is 24.3 Å². The molecule has 29 heavy (non-hydrogen) atoms. The standard InChI is InChI=1S/C20H20F2N2O4S/c21-20(22)28-18-6-2-1-5-15(18)7-12-19(25)23-16-8-10-17(11-9-16)29(26,27)24-13-3-4-14-24/h1-2,5-12,20H,3-4,13-14H2,(H,23,25)/b12-7+. The van der Waals surface area contributed by atoms with E-state index in [0.717, 1.165) is 12.8 Å². The topological polar surface area (TPSA) is 75.7 Å². The van der Waals surface area contributed by atoms with E-state index in [2.05, 4.69) is 10.1 Å². The molecule has 154 valence electrons. The summed E-state index contributed by atoms with van der Waals surface area (Å²) in [4.78, 5) is 12.3. The number of hydrogen-bond donors (Lipinski definition) is 1. The van der Waals surface area contributed by atoms with Crippen molar-refractivity contribution in [3.8, 4) is 5.75 Å². The van der Waals surface area contributed by atoms with Crippen LogP contribution in [0.1, 0.15) is 18.4 Å². The van der Waals surface area contributed by atoms with Crippen LogP contribution in [0.25, 0.3) is 6.08 Å². The van der Waals surface area contributed by atoms with Gasteiger partial charge in [0.2, 0.25) is 15.9 Å². The first kappa shape index (κ1) is 20.9. The number of para-hydroxylation sites is 1. The average Bonchev–Trinajstić information content (AvgIpc) is 3.23. The molecule has 1 N–H and O–H groups in total. The van der Waals surface area contributed by atoms with Gasteiger partial charge >= 0.3 is 6.61 Å². The fourth-order valence-corrected chi connectivity index (χ4v) is 4.48. The van der Waals surface area contributed by atoms with Gasteiger partial charge < -0.3 is 10.1 Å². The quantitative estimate of drug-likeness (QED) is 0.690. The Labute approximate surface area is 167 Å². The van der Waals surface area contributed by atoms with E-state index >= 15 is 0 Å². The summed E-state index contributed by atoms with van der Waals surface area (Å²) in [6.45, 7) is -1.93. The molecule has 1 fully saturated rings. The SMILES string of the molecule is O=C(/C=C/c1ccccc1OC(F)F)Nc1ccc(S(=O)(=O)N2CCCC2)cc1. The van der Waals surface area contributed by atoms with Gasteiger partial charge in [-0.2, -0.15) is 13.1 Å². The Morgan fingerprint density at radius 3 is 2.38 bits per heavy atom. The van der Waals surface area contributed by atoms with Crippen molar-refractivity contribution >= 4 is 27.7 Å². The molecule has 3 rings (SSSR count). The Morgan fingerprint density at radius 2 is 1.72 bits per heavy atom. The van der Waals surface area contributed by atoms with E-state index in [1.165, 1.54) is 46.8 Å². The Kier molecular flexibility index (Phi) is 6.60. The largest absolute Gasteiger partial charge is 0.434 e. The third-order valence-electron chi connectivity index (χ3n) is 4.37. The van der Waals surface area contributed by atoms with Crippen LogP contribution in [0.4, 0.5) is 14.5 Å². The highest BCUT2D eigenvalue weighted by Gasteiger charge is 2.26. The summed E-state index contributed by atoms with van der Waals surface area (Å²) in [5.41, 5.74) is 0.743. The minimum atomic E-state index is -3.51. The number of hydrogen-bond acceptors (Lipinski definition) is 4. The number of ether oxygens (including phenoxy) is 1. The van der Waals surface area contributed by atoms with E-state index in [4.69, 9.17) is 0 Å². The summed E-state index contributed by atoms with van der Waals surface area (Å²) in [6, 6.07) is 12.0. The normalized spacial score (nSPS) is 15.1. The summed E-state index contributed by atoms with van der Waals surface area (Å²) in [5.74, 6) is -0.532. The fourth-order valence-electron chi connectivity index (χ4n) is 2.96. The molecule has 2 aromatic carbocycles. The molecule has 2 aromatic rings. The van der Waals surface area contributed by atoms with Gasteiger partial charge in [0.25, 0.3) is 0 Å². The van der Waals surface area contributed by atoms with Crippen LogP contribution in [0.2, 0.25) is 0 Å². The van der Waals surface area contributed by atoms with Gasteiger partial charge in [-0.15, -0.1) is 0 Å². The van der Waals surface area contributed by atoms with Gasteiger partial charge in [0.1, 0.15) is 5.75 Å². The first-order valence-corrected chi connectivity index (χ1v) is 10.4. The maximum atomic E-state index is 12.5. The minimum Gasteiger partial charge on any atom is -0.434 e. The van der Waals surface area contributed by atoms with E-state index < -0.39 is 22.5 Å². The van der Waals surface area contributed by atoms with Crippen LogP contribution >= 0.6 is 0 Å². The van der Waals surface area contributed by atoms with Gasteiger partial charge in [0.05, 0.1) is 4.90 Å². The zero-order chi connectivity index (χ0) is 20.9. The number of rotatable bonds is 7. The number of benzene rings is 2. The van der Waals surface area contributed by atoms with E-state index in [-0.39, 0.29) is 10.6 Å². The molecule has 0 aliphatic carbocycles. The van der Waals surface area contributed by atoms with Crippen LogP contribution < -0.4 is 10.1 Å². The Bertz CT molecular complexity index is 986. The Balaban J connectivity index is 1.65. The van der Waals surface area contributed by atoms with Gasteiger partial charge in [-0.3, -0.25) is 4.79 Å². The van der Waals surface area contributed by atoms with Crippen LogP contribution in [-0.4, -0.2) is 38.3 Å². The van der Waals surface area contributed by atoms with Gasteiger partial charge in [-0.25, -0.2) is 8.42 Å². The number of nitrogens with one attached hydrogen (secondary N) is 1. The molecule has 6 nitrogen and oxygen atoms in total. The average molecular weight is 422 g/mol. The molecule has 0 aromatic heterocycles. The smallest absolute Gasteiger partial charge is 0.387 e. The number of amides is 1. The number of carbonyl (C=O) groups excluding carboxylic acids is 1. The van der Waals surface area contributed by atoms with Crippen molar-refractivity contribution in [2.24, 2.45) is 0 Å². The van der Waals surface area contributed by atoms with Gasteiger partial charge in [0, 0.05) is 30.4 Å². The number of sulfonamides is 1. The van der Waals surface area contributed by atoms with Crippen molar-refractivity contribution < 1.29 is 26.7 Å². The first-order valence-electron chi connectivity index (χ1n) is 8.99. The highest BCUT2D eigenvalue weighted by atomic mass is 32.2. The summed E-state index contributed by atoms with van der Waals surface area (Å²) < 4.78 is 55.7. The summed E-state index contributed by atoms with van der Waals surface area (Å²) in [6.07, 6.45) is 4.25. The van der Waals surface area contributed by atoms with Crippen molar-refractivity contribution in [1.29, 1.82) is 0 Å². The van der Waals surface area contributed by atoms with Gasteiger partial charge in [-0.05, 0) is 49.2 Å². The molecule has 0 atom stereocenters. The van der Waals surface area contributed by atoms with E-state index in [1.54, 1.807) is 18.2 Å². The number of alkyl halides is 2. The third kappa shape index (κ3) is 5.39. The first-order chi connectivity index (χ1) is 13.9. The lowest BCUT2D eigenvalue weighted by molar-refractivity contribution is -0.111. The Morgan fingerprint density at radius 1 is 1.07 bits per heavy atom. The van der Waals surface area contributed by atoms with Crippen molar-refractivity contribution in [2.45, 2.75) is 24.3 Å². The third-order valence-corrected chi connectivity index (χ3v) is 6.29. The zero-order valence-electron chi connectivity index (χ0n) is 15.4. The monoisotopic (exact) mass is 422 g/mol. The highest BCUT2D eigenvalue weighted by Crippen LogP contribution is 2.23. The molecule has 1 heterocycles. The lowest BCUT2D eigenvalue weighted by Gasteiger charge is -2.15. The molecule has 1 aliphatic heterocycles. The highest BCUT2D eigenvalue weighted by molar-refractivity contribution is 7.89. The summed E-state index contributed by atoms with van der Waals surface area (Å²) in [5, 5.41) is 2.60. The minimum absolute atomic E-state index is 0.0389. The van der Waals surface area contributed by atoms with Crippen LogP contribution in [0, 0.1) is 0 Å². The molecule has 0 spiro atoms. The molecule has 1 saturated heterocycles. The van der Waals surface area contributed by atoms with Gasteiger partial charge in [0.15, 0.2) is 0 Å². The molecular formula is C20H20F2N2O4S. The number of halogens is 2. The molecule has 1 aliphatic rings. The maximum Gasteiger partial charge on any atom is 0.387 e. The lowest BCUT2D eigenvalue weighted by atomic mass is 10.2. The lowest BCUT2D eigenvalue weighted by Crippen LogP contribution is -2.27.